The molecule has 2 unspecified atom stereocenters. The smallest absolute Gasteiger partial charge is 0.254 e. The quantitative estimate of drug-likeness (QED) is 0.806. The largest absolute Gasteiger partial charge is 0.356 e. The summed E-state index contributed by atoms with van der Waals surface area (Å²) >= 11 is 0. The van der Waals surface area contributed by atoms with Crippen molar-refractivity contribution in [3.8, 4) is 0 Å². The lowest BCUT2D eigenvalue weighted by Gasteiger charge is -2.35. The first-order valence-corrected chi connectivity index (χ1v) is 9.17. The fraction of sp³-hybridized carbons (Fsp3) is 0.400. The molecule has 2 aromatic rings. The van der Waals surface area contributed by atoms with E-state index in [0.717, 1.165) is 24.0 Å². The van der Waals surface area contributed by atoms with E-state index in [1.807, 2.05) is 18.2 Å². The van der Waals surface area contributed by atoms with Gasteiger partial charge in [0.1, 0.15) is 6.61 Å². The monoisotopic (exact) mass is 368 g/mol. The van der Waals surface area contributed by atoms with Crippen LogP contribution in [0.15, 0.2) is 49.1 Å². The van der Waals surface area contributed by atoms with Crippen LogP contribution in [0.3, 0.4) is 0 Å². The van der Waals surface area contributed by atoms with E-state index in [2.05, 4.69) is 22.2 Å². The number of pyridine rings is 2. The van der Waals surface area contributed by atoms with Gasteiger partial charge in [-0.3, -0.25) is 19.6 Å². The average Bonchev–Trinajstić information content (AvgIpc) is 2.72. The van der Waals surface area contributed by atoms with Gasteiger partial charge in [0.25, 0.3) is 5.91 Å². The molecule has 142 valence electrons. The van der Waals surface area contributed by atoms with Crippen molar-refractivity contribution in [2.45, 2.75) is 38.5 Å². The molecule has 0 aliphatic carbocycles. The van der Waals surface area contributed by atoms with Crippen LogP contribution in [0.2, 0.25) is 0 Å². The molecule has 0 saturated carbocycles. The van der Waals surface area contributed by atoms with Crippen molar-refractivity contribution in [2.75, 3.05) is 13.2 Å². The van der Waals surface area contributed by atoms with Gasteiger partial charge in [-0.2, -0.15) is 0 Å². The summed E-state index contributed by atoms with van der Waals surface area (Å²) in [6, 6.07) is 6.87. The van der Waals surface area contributed by atoms with E-state index in [1.54, 1.807) is 35.8 Å². The van der Waals surface area contributed by atoms with Gasteiger partial charge in [-0.25, -0.2) is 0 Å². The zero-order valence-corrected chi connectivity index (χ0v) is 15.4. The normalized spacial score (nSPS) is 19.4. The highest BCUT2D eigenvalue weighted by molar-refractivity contribution is 5.86. The van der Waals surface area contributed by atoms with Crippen molar-refractivity contribution >= 4 is 11.8 Å². The number of nitrogens with one attached hydrogen (secondary N) is 1. The Hall–Kier alpha value is -2.80. The van der Waals surface area contributed by atoms with Crippen LogP contribution in [0.1, 0.15) is 36.9 Å². The molecule has 1 fully saturated rings. The fourth-order valence-corrected chi connectivity index (χ4v) is 3.09. The second-order valence-electron chi connectivity index (χ2n) is 6.54. The minimum Gasteiger partial charge on any atom is -0.356 e. The van der Waals surface area contributed by atoms with Crippen LogP contribution in [0.4, 0.5) is 0 Å². The van der Waals surface area contributed by atoms with Gasteiger partial charge in [-0.05, 0) is 29.7 Å². The molecule has 2 amide bonds. The number of carbonyl (C=O) groups is 2. The summed E-state index contributed by atoms with van der Waals surface area (Å²) in [6.45, 7) is 3.04. The first-order valence-electron chi connectivity index (χ1n) is 9.17. The zero-order valence-electron chi connectivity index (χ0n) is 15.4. The molecule has 2 aromatic heterocycles. The lowest BCUT2D eigenvalue weighted by molar-refractivity contribution is -0.155. The minimum absolute atomic E-state index is 0.123. The van der Waals surface area contributed by atoms with Gasteiger partial charge in [-0.1, -0.05) is 25.5 Å². The highest BCUT2D eigenvalue weighted by Crippen LogP contribution is 2.24. The lowest BCUT2D eigenvalue weighted by atomic mass is 10.00. The number of rotatable bonds is 7. The number of hydrogen-bond donors (Lipinski definition) is 1. The third kappa shape index (κ3) is 4.89. The number of unbranched alkanes of at least 4 members (excludes halogenated alkanes) is 1. The summed E-state index contributed by atoms with van der Waals surface area (Å²) in [5.41, 5.74) is 1.71. The van der Waals surface area contributed by atoms with E-state index >= 15 is 0 Å². The first kappa shape index (κ1) is 19.0. The van der Waals surface area contributed by atoms with Crippen LogP contribution in [-0.4, -0.2) is 45.9 Å². The molecular weight excluding hydrogens is 344 g/mol. The van der Waals surface area contributed by atoms with E-state index in [0.29, 0.717) is 13.1 Å². The van der Waals surface area contributed by atoms with Gasteiger partial charge in [0.05, 0.1) is 6.04 Å². The Balaban J connectivity index is 1.82. The van der Waals surface area contributed by atoms with Crippen molar-refractivity contribution in [2.24, 2.45) is 0 Å². The maximum Gasteiger partial charge on any atom is 0.254 e. The van der Waals surface area contributed by atoms with E-state index < -0.39 is 12.1 Å². The first-order chi connectivity index (χ1) is 13.2. The number of carbonyl (C=O) groups excluding carboxylic acids is 2. The van der Waals surface area contributed by atoms with Gasteiger partial charge in [0, 0.05) is 37.9 Å². The molecule has 1 aliphatic heterocycles. The topological polar surface area (TPSA) is 84.4 Å². The van der Waals surface area contributed by atoms with Crippen molar-refractivity contribution in [3.63, 3.8) is 0 Å². The summed E-state index contributed by atoms with van der Waals surface area (Å²) in [5.74, 6) is -0.374. The Labute approximate surface area is 158 Å². The fourth-order valence-electron chi connectivity index (χ4n) is 3.09. The Morgan fingerprint density at radius 3 is 2.70 bits per heavy atom. The maximum absolute atomic E-state index is 13.3. The molecule has 1 N–H and O–H groups in total. The Morgan fingerprint density at radius 2 is 2.04 bits per heavy atom. The Kier molecular flexibility index (Phi) is 6.49. The molecule has 0 bridgehead atoms. The predicted molar refractivity (Wildman–Crippen MR) is 99.4 cm³/mol. The van der Waals surface area contributed by atoms with E-state index in [9.17, 15) is 9.59 Å². The molecule has 27 heavy (non-hydrogen) atoms. The van der Waals surface area contributed by atoms with E-state index in [-0.39, 0.29) is 18.4 Å². The number of aromatic nitrogens is 2. The molecule has 7 nitrogen and oxygen atoms in total. The molecule has 3 heterocycles. The third-order valence-electron chi connectivity index (χ3n) is 4.49. The zero-order chi connectivity index (χ0) is 19.1. The molecule has 1 saturated heterocycles. The Bertz CT molecular complexity index is 754. The molecule has 1 aliphatic rings. The van der Waals surface area contributed by atoms with Crippen LogP contribution in [0.25, 0.3) is 0 Å². The van der Waals surface area contributed by atoms with E-state index in [4.69, 9.17) is 4.74 Å². The molecule has 3 rings (SSSR count). The van der Waals surface area contributed by atoms with Crippen LogP contribution >= 0.6 is 0 Å². The van der Waals surface area contributed by atoms with Gasteiger partial charge in [0.15, 0.2) is 6.10 Å². The lowest BCUT2D eigenvalue weighted by Crippen LogP contribution is -2.53. The van der Waals surface area contributed by atoms with Gasteiger partial charge >= 0.3 is 0 Å². The molecule has 0 radical (unpaired) electrons. The average molecular weight is 368 g/mol. The summed E-state index contributed by atoms with van der Waals surface area (Å²) in [6.07, 6.45) is 7.86. The second kappa shape index (κ2) is 9.23. The number of ether oxygens (including phenoxy) is 1. The van der Waals surface area contributed by atoms with Gasteiger partial charge < -0.3 is 15.0 Å². The van der Waals surface area contributed by atoms with Crippen molar-refractivity contribution in [1.29, 1.82) is 0 Å². The number of morpholine rings is 1. The van der Waals surface area contributed by atoms with Crippen molar-refractivity contribution < 1.29 is 14.3 Å². The number of amides is 2. The molecule has 0 aromatic carbocycles. The van der Waals surface area contributed by atoms with Crippen molar-refractivity contribution in [3.05, 3.63) is 60.2 Å². The predicted octanol–water partition coefficient (Wildman–Crippen LogP) is 1.86. The molecule has 0 spiro atoms. The van der Waals surface area contributed by atoms with Crippen molar-refractivity contribution in [1.82, 2.24) is 20.2 Å². The van der Waals surface area contributed by atoms with Crippen LogP contribution in [0.5, 0.6) is 0 Å². The summed E-state index contributed by atoms with van der Waals surface area (Å²) in [7, 11) is 0. The van der Waals surface area contributed by atoms with Crippen LogP contribution < -0.4 is 5.32 Å². The summed E-state index contributed by atoms with van der Waals surface area (Å²) in [4.78, 5) is 35.2. The van der Waals surface area contributed by atoms with Gasteiger partial charge in [-0.15, -0.1) is 0 Å². The van der Waals surface area contributed by atoms with Crippen LogP contribution in [0, 0.1) is 0 Å². The molecule has 7 heteroatoms. The summed E-state index contributed by atoms with van der Waals surface area (Å²) in [5, 5.41) is 2.87. The second-order valence-corrected chi connectivity index (χ2v) is 6.54. The standard InChI is InChI=1S/C20H24N4O3/c1-2-3-10-24(13-15-6-4-8-21-11-15)20(26)19-18(23-17(25)14-27-19)16-7-5-9-22-12-16/h4-9,11-12,18-19H,2-3,10,13-14H2,1H3,(H,23,25). The van der Waals surface area contributed by atoms with E-state index in [1.165, 1.54) is 0 Å². The molecule has 2 atom stereocenters. The van der Waals surface area contributed by atoms with Gasteiger partial charge in [0.2, 0.25) is 5.91 Å². The molecular formula is C20H24N4O3. The SMILES string of the molecule is CCCCN(Cc1cccnc1)C(=O)C1OCC(=O)NC1c1cccnc1. The minimum atomic E-state index is -0.777. The highest BCUT2D eigenvalue weighted by atomic mass is 16.5. The summed E-state index contributed by atoms with van der Waals surface area (Å²) < 4.78 is 5.67. The third-order valence-corrected chi connectivity index (χ3v) is 4.49. The number of hydrogen-bond acceptors (Lipinski definition) is 5. The number of nitrogens with zero attached hydrogens (tertiary/aromatic N) is 3. The Morgan fingerprint density at radius 1 is 1.26 bits per heavy atom. The maximum atomic E-state index is 13.3. The highest BCUT2D eigenvalue weighted by Gasteiger charge is 2.38. The van der Waals surface area contributed by atoms with Crippen LogP contribution in [-0.2, 0) is 20.9 Å².